The predicted octanol–water partition coefficient (Wildman–Crippen LogP) is 5.65. The van der Waals surface area contributed by atoms with E-state index in [1.165, 1.54) is 16.8 Å². The molecule has 0 bridgehead atoms. The van der Waals surface area contributed by atoms with Gasteiger partial charge in [-0.15, -0.1) is 0 Å². The minimum Gasteiger partial charge on any atom is -0.490 e. The first-order chi connectivity index (χ1) is 17.6. The first-order valence-corrected chi connectivity index (χ1v) is 12.1. The number of thiocarbonyl (C=S) groups is 1. The average molecular weight is 541 g/mol. The average Bonchev–Trinajstić information content (AvgIpc) is 3.31. The van der Waals surface area contributed by atoms with Gasteiger partial charge in [0.15, 0.2) is 15.8 Å². The third kappa shape index (κ3) is 5.17. The second-order valence-electron chi connectivity index (χ2n) is 7.83. The van der Waals surface area contributed by atoms with Gasteiger partial charge in [0, 0.05) is 17.5 Å². The molecular formula is C24H20N4O7S2. The molecule has 2 aromatic carbocycles. The number of carbonyl (C=O) groups is 1. The van der Waals surface area contributed by atoms with Gasteiger partial charge in [0.2, 0.25) is 5.75 Å². The zero-order valence-electron chi connectivity index (χ0n) is 19.9. The van der Waals surface area contributed by atoms with Gasteiger partial charge >= 0.3 is 5.69 Å². The van der Waals surface area contributed by atoms with Crippen LogP contribution < -0.4 is 14.5 Å². The molecule has 3 aromatic rings. The van der Waals surface area contributed by atoms with Crippen LogP contribution in [0.3, 0.4) is 0 Å². The van der Waals surface area contributed by atoms with Crippen molar-refractivity contribution < 1.29 is 24.1 Å². The molecule has 1 saturated heterocycles. The summed E-state index contributed by atoms with van der Waals surface area (Å²) in [4.78, 5) is 34.6. The van der Waals surface area contributed by atoms with Crippen molar-refractivity contribution in [3.63, 3.8) is 0 Å². The third-order valence-electron chi connectivity index (χ3n) is 5.34. The van der Waals surface area contributed by atoms with Crippen molar-refractivity contribution in [3.05, 3.63) is 90.6 Å². The molecule has 1 amide bonds. The molecule has 37 heavy (non-hydrogen) atoms. The second kappa shape index (κ2) is 10.4. The molecule has 0 saturated carbocycles. The second-order valence-corrected chi connectivity index (χ2v) is 9.50. The van der Waals surface area contributed by atoms with Gasteiger partial charge in [-0.3, -0.25) is 29.7 Å². The maximum Gasteiger partial charge on any atom is 0.318 e. The molecule has 0 N–H and O–H groups in total. The first kappa shape index (κ1) is 25.9. The number of carbonyl (C=O) groups excluding carboxylic acids is 1. The Balaban J connectivity index is 1.66. The van der Waals surface area contributed by atoms with Crippen LogP contribution >= 0.6 is 24.0 Å². The van der Waals surface area contributed by atoms with Crippen LogP contribution in [-0.2, 0) is 4.79 Å². The summed E-state index contributed by atoms with van der Waals surface area (Å²) in [6.07, 6.45) is 1.67. The van der Waals surface area contributed by atoms with E-state index in [4.69, 9.17) is 21.7 Å². The van der Waals surface area contributed by atoms with Gasteiger partial charge in [-0.1, -0.05) is 17.8 Å². The Morgan fingerprint density at radius 3 is 2.27 bits per heavy atom. The number of rotatable bonds is 8. The number of nitro groups is 2. The number of benzene rings is 2. The smallest absolute Gasteiger partial charge is 0.318 e. The molecule has 1 fully saturated rings. The van der Waals surface area contributed by atoms with E-state index in [1.54, 1.807) is 35.9 Å². The van der Waals surface area contributed by atoms with E-state index in [9.17, 15) is 25.0 Å². The fourth-order valence-electron chi connectivity index (χ4n) is 3.69. The predicted molar refractivity (Wildman–Crippen MR) is 143 cm³/mol. The van der Waals surface area contributed by atoms with Gasteiger partial charge in [-0.05, 0) is 75.0 Å². The number of aromatic nitrogens is 1. The Hall–Kier alpha value is -4.23. The number of hydrogen-bond acceptors (Lipinski definition) is 9. The van der Waals surface area contributed by atoms with Crippen molar-refractivity contribution in [2.45, 2.75) is 20.8 Å². The van der Waals surface area contributed by atoms with E-state index in [-0.39, 0.29) is 29.8 Å². The third-order valence-corrected chi connectivity index (χ3v) is 6.63. The molecule has 1 aliphatic heterocycles. The van der Waals surface area contributed by atoms with Crippen LogP contribution in [0.5, 0.6) is 17.2 Å². The Kier molecular flexibility index (Phi) is 7.27. The summed E-state index contributed by atoms with van der Waals surface area (Å²) in [5, 5.41) is 23.9. The highest BCUT2D eigenvalue weighted by Gasteiger charge is 2.34. The normalized spacial score (nSPS) is 14.4. The van der Waals surface area contributed by atoms with Crippen LogP contribution in [0.4, 0.5) is 11.4 Å². The van der Waals surface area contributed by atoms with Gasteiger partial charge in [0.05, 0.1) is 27.4 Å². The van der Waals surface area contributed by atoms with E-state index < -0.39 is 21.2 Å². The molecule has 0 spiro atoms. The molecule has 190 valence electrons. The molecule has 0 atom stereocenters. The monoisotopic (exact) mass is 540 g/mol. The summed E-state index contributed by atoms with van der Waals surface area (Å²) in [7, 11) is 0. The summed E-state index contributed by atoms with van der Waals surface area (Å²) in [5.74, 6) is -0.00148. The molecule has 2 heterocycles. The summed E-state index contributed by atoms with van der Waals surface area (Å²) >= 11 is 6.64. The van der Waals surface area contributed by atoms with E-state index >= 15 is 0 Å². The lowest BCUT2D eigenvalue weighted by atomic mass is 10.1. The number of nitrogens with zero attached hydrogens (tertiary/aromatic N) is 4. The Morgan fingerprint density at radius 1 is 0.973 bits per heavy atom. The Bertz CT molecular complexity index is 1460. The van der Waals surface area contributed by atoms with Crippen molar-refractivity contribution in [3.8, 4) is 17.2 Å². The highest BCUT2D eigenvalue weighted by Crippen LogP contribution is 2.39. The first-order valence-electron chi connectivity index (χ1n) is 10.9. The maximum atomic E-state index is 13.2. The van der Waals surface area contributed by atoms with Crippen molar-refractivity contribution in [2.24, 2.45) is 0 Å². The lowest BCUT2D eigenvalue weighted by molar-refractivity contribution is -0.394. The van der Waals surface area contributed by atoms with E-state index in [1.807, 2.05) is 26.0 Å². The maximum absolute atomic E-state index is 13.2. The molecular weight excluding hydrogens is 520 g/mol. The fraction of sp³-hybridized carbons (Fsp3) is 0.167. The van der Waals surface area contributed by atoms with Crippen molar-refractivity contribution >= 4 is 51.7 Å². The SMILES string of the molecule is CCOc1cc(/C=C2/SC(=S)N(n3c(C)ccc3C)C2=O)ccc1Oc1ccc([N+](=O)[O-])cc1[N+](=O)[O-]. The molecule has 0 aliphatic carbocycles. The van der Waals surface area contributed by atoms with E-state index in [2.05, 4.69) is 0 Å². The minimum absolute atomic E-state index is 0.169. The van der Waals surface area contributed by atoms with Crippen LogP contribution in [0.15, 0.2) is 53.4 Å². The fourth-order valence-corrected chi connectivity index (χ4v) is 4.94. The van der Waals surface area contributed by atoms with Crippen molar-refractivity contribution in [1.29, 1.82) is 0 Å². The lowest BCUT2D eigenvalue weighted by Crippen LogP contribution is -2.39. The van der Waals surface area contributed by atoms with E-state index in [0.29, 0.717) is 14.8 Å². The number of non-ortho nitro benzene ring substituents is 1. The lowest BCUT2D eigenvalue weighted by Gasteiger charge is -2.20. The van der Waals surface area contributed by atoms with Gasteiger partial charge < -0.3 is 9.47 Å². The van der Waals surface area contributed by atoms with Gasteiger partial charge in [0.25, 0.3) is 11.6 Å². The molecule has 0 radical (unpaired) electrons. The van der Waals surface area contributed by atoms with Gasteiger partial charge in [-0.25, -0.2) is 0 Å². The largest absolute Gasteiger partial charge is 0.490 e. The molecule has 1 aromatic heterocycles. The number of amides is 1. The molecule has 11 nitrogen and oxygen atoms in total. The van der Waals surface area contributed by atoms with Crippen LogP contribution in [0.1, 0.15) is 23.9 Å². The van der Waals surface area contributed by atoms with E-state index in [0.717, 1.165) is 29.6 Å². The van der Waals surface area contributed by atoms with Gasteiger partial charge in [-0.2, -0.15) is 5.01 Å². The number of nitro benzene ring substituents is 2. The number of ether oxygens (including phenoxy) is 2. The van der Waals surface area contributed by atoms with Crippen molar-refractivity contribution in [1.82, 2.24) is 4.68 Å². The van der Waals surface area contributed by atoms with Crippen molar-refractivity contribution in [2.75, 3.05) is 11.6 Å². The zero-order chi connectivity index (χ0) is 26.9. The summed E-state index contributed by atoms with van der Waals surface area (Å²) in [6, 6.07) is 11.8. The number of hydrogen-bond donors (Lipinski definition) is 0. The summed E-state index contributed by atoms with van der Waals surface area (Å²) in [5.41, 5.74) is 1.38. The van der Waals surface area contributed by atoms with Crippen LogP contribution in [0, 0.1) is 34.1 Å². The minimum atomic E-state index is -0.757. The van der Waals surface area contributed by atoms with Crippen LogP contribution in [0.2, 0.25) is 0 Å². The Labute approximate surface area is 220 Å². The van der Waals surface area contributed by atoms with Gasteiger partial charge in [0.1, 0.15) is 0 Å². The highest BCUT2D eigenvalue weighted by molar-refractivity contribution is 8.27. The standard InChI is InChI=1S/C24H20N4O7S2/c1-4-34-21-11-16(12-22-23(29)26(24(36)37-22)25-14(2)5-6-15(25)3)7-9-20(21)35-19-10-8-17(27(30)31)13-18(19)28(32)33/h5-13H,4H2,1-3H3/b22-12+. The zero-order valence-corrected chi connectivity index (χ0v) is 21.5. The topological polar surface area (TPSA) is 130 Å². The van der Waals surface area contributed by atoms with Crippen LogP contribution in [-0.4, -0.2) is 31.4 Å². The molecule has 0 unspecified atom stereocenters. The molecule has 4 rings (SSSR count). The summed E-state index contributed by atoms with van der Waals surface area (Å²) < 4.78 is 13.6. The quantitative estimate of drug-likeness (QED) is 0.154. The van der Waals surface area contributed by atoms with Crippen LogP contribution in [0.25, 0.3) is 6.08 Å². The number of thioether (sulfide) groups is 1. The number of aryl methyl sites for hydroxylation is 2. The summed E-state index contributed by atoms with van der Waals surface area (Å²) in [6.45, 7) is 5.81. The molecule has 13 heteroatoms. The molecule has 1 aliphatic rings. The Morgan fingerprint density at radius 2 is 1.65 bits per heavy atom. The highest BCUT2D eigenvalue weighted by atomic mass is 32.2.